The van der Waals surface area contributed by atoms with E-state index < -0.39 is 0 Å². The molecular formula is C26H39N7O3. The Bertz CT molecular complexity index is 1210. The number of rotatable bonds is 11. The molecule has 10 heteroatoms. The predicted molar refractivity (Wildman–Crippen MR) is 142 cm³/mol. The van der Waals surface area contributed by atoms with Crippen LogP contribution in [0, 0.1) is 11.3 Å². The first-order valence-corrected chi connectivity index (χ1v) is 12.5. The number of hydrogen-bond donors (Lipinski definition) is 3. The summed E-state index contributed by atoms with van der Waals surface area (Å²) in [6.07, 6.45) is 4.24. The third-order valence-electron chi connectivity index (χ3n) is 5.63. The molecule has 0 radical (unpaired) electrons. The summed E-state index contributed by atoms with van der Waals surface area (Å²) in [6, 6.07) is 3.89. The molecule has 2 heterocycles. The normalized spacial score (nSPS) is 12.7. The lowest BCUT2D eigenvalue weighted by molar-refractivity contribution is -0.123. The largest absolute Gasteiger partial charge is 0.495 e. The second-order valence-corrected chi connectivity index (χ2v) is 10.9. The summed E-state index contributed by atoms with van der Waals surface area (Å²) in [4.78, 5) is 29.2. The van der Waals surface area contributed by atoms with E-state index in [4.69, 9.17) is 4.74 Å². The van der Waals surface area contributed by atoms with Crippen molar-refractivity contribution in [3.63, 3.8) is 0 Å². The predicted octanol–water partition coefficient (Wildman–Crippen LogP) is 4.40. The van der Waals surface area contributed by atoms with E-state index in [-0.39, 0.29) is 29.2 Å². The zero-order valence-corrected chi connectivity index (χ0v) is 22.4. The molecule has 0 saturated heterocycles. The highest BCUT2D eigenvalue weighted by molar-refractivity contribution is 5.96. The van der Waals surface area contributed by atoms with Crippen LogP contribution in [0.2, 0.25) is 0 Å². The van der Waals surface area contributed by atoms with E-state index in [0.717, 1.165) is 24.0 Å². The quantitative estimate of drug-likeness (QED) is 0.336. The molecule has 0 aliphatic carbocycles. The monoisotopic (exact) mass is 497 g/mol. The fourth-order valence-electron chi connectivity index (χ4n) is 4.04. The van der Waals surface area contributed by atoms with Crippen LogP contribution in [-0.4, -0.2) is 51.1 Å². The molecule has 3 N–H and O–H groups in total. The Labute approximate surface area is 212 Å². The average molecular weight is 498 g/mol. The maximum Gasteiger partial charge on any atom is 0.225 e. The number of anilines is 2. The van der Waals surface area contributed by atoms with Crippen molar-refractivity contribution < 1.29 is 14.3 Å². The van der Waals surface area contributed by atoms with Gasteiger partial charge in [0.15, 0.2) is 5.82 Å². The van der Waals surface area contributed by atoms with Gasteiger partial charge in [0.25, 0.3) is 0 Å². The van der Waals surface area contributed by atoms with Crippen molar-refractivity contribution in [2.24, 2.45) is 11.3 Å². The summed E-state index contributed by atoms with van der Waals surface area (Å²) in [5, 5.41) is 17.6. The van der Waals surface area contributed by atoms with E-state index in [9.17, 15) is 9.59 Å². The molecule has 3 aromatic rings. The minimum Gasteiger partial charge on any atom is -0.495 e. The fraction of sp³-hybridized carbons (Fsp3) is 0.577. The Balaban J connectivity index is 1.71. The average Bonchev–Trinajstić information content (AvgIpc) is 3.25. The van der Waals surface area contributed by atoms with E-state index in [0.29, 0.717) is 42.1 Å². The lowest BCUT2D eigenvalue weighted by atomic mass is 9.92. The third kappa shape index (κ3) is 7.29. The molecule has 0 aliphatic heterocycles. The number of fused-ring (bicyclic) bond motifs is 3. The van der Waals surface area contributed by atoms with Crippen molar-refractivity contribution in [2.75, 3.05) is 24.3 Å². The molecule has 2 amide bonds. The Morgan fingerprint density at radius 1 is 1.14 bits per heavy atom. The van der Waals surface area contributed by atoms with Crippen LogP contribution >= 0.6 is 0 Å². The van der Waals surface area contributed by atoms with Crippen molar-refractivity contribution in [1.29, 1.82) is 0 Å². The van der Waals surface area contributed by atoms with Crippen LogP contribution in [0.3, 0.4) is 0 Å². The highest BCUT2D eigenvalue weighted by atomic mass is 16.5. The smallest absolute Gasteiger partial charge is 0.225 e. The number of benzene rings is 1. The number of methoxy groups -OCH3 is 1. The van der Waals surface area contributed by atoms with E-state index in [1.54, 1.807) is 13.4 Å². The lowest BCUT2D eigenvalue weighted by Gasteiger charge is -2.20. The van der Waals surface area contributed by atoms with Gasteiger partial charge in [0, 0.05) is 31.5 Å². The van der Waals surface area contributed by atoms with Crippen LogP contribution < -0.4 is 20.7 Å². The topological polar surface area (TPSA) is 123 Å². The van der Waals surface area contributed by atoms with Crippen LogP contribution in [0.1, 0.15) is 67.2 Å². The molecule has 36 heavy (non-hydrogen) atoms. The summed E-state index contributed by atoms with van der Waals surface area (Å²) in [7, 11) is 1.61. The SMILES string of the molecule is COc1cc2nc(NC(=O)CC(C)C)c3nncn3c2cc1NCCCC(C)NC(=O)CC(C)(C)C. The number of aromatic nitrogens is 4. The summed E-state index contributed by atoms with van der Waals surface area (Å²) in [5.41, 5.74) is 2.73. The zero-order chi connectivity index (χ0) is 26.5. The number of nitrogens with zero attached hydrogens (tertiary/aromatic N) is 4. The molecule has 2 aromatic heterocycles. The number of hydrogen-bond acceptors (Lipinski definition) is 7. The number of ether oxygens (including phenoxy) is 1. The standard InChI is InChI=1S/C26H39N7O3/c1-16(2)11-22(34)31-24-25-32-28-15-33(25)20-12-19(21(36-7)13-18(20)30-24)27-10-8-9-17(3)29-23(35)14-26(4,5)6/h12-13,15-17,27H,8-11,14H2,1-7H3,(H,29,35)(H,30,31,34). The molecule has 1 unspecified atom stereocenters. The van der Waals surface area contributed by atoms with Crippen molar-refractivity contribution >= 4 is 40.0 Å². The summed E-state index contributed by atoms with van der Waals surface area (Å²) < 4.78 is 7.42. The lowest BCUT2D eigenvalue weighted by Crippen LogP contribution is -2.35. The van der Waals surface area contributed by atoms with Gasteiger partial charge in [-0.3, -0.25) is 14.0 Å². The molecule has 3 rings (SSSR count). The van der Waals surface area contributed by atoms with Gasteiger partial charge in [-0.2, -0.15) is 0 Å². The van der Waals surface area contributed by atoms with Crippen LogP contribution in [0.4, 0.5) is 11.5 Å². The highest BCUT2D eigenvalue weighted by Gasteiger charge is 2.18. The van der Waals surface area contributed by atoms with Crippen molar-refractivity contribution in [3.05, 3.63) is 18.5 Å². The van der Waals surface area contributed by atoms with Gasteiger partial charge in [0.05, 0.1) is 23.8 Å². The van der Waals surface area contributed by atoms with Gasteiger partial charge < -0.3 is 20.7 Å². The molecular weight excluding hydrogens is 458 g/mol. The first-order chi connectivity index (χ1) is 17.0. The maximum atomic E-state index is 12.3. The van der Waals surface area contributed by atoms with Gasteiger partial charge in [-0.15, -0.1) is 10.2 Å². The molecule has 0 fully saturated rings. The molecule has 1 atom stereocenters. The van der Waals surface area contributed by atoms with Gasteiger partial charge in [0.1, 0.15) is 12.1 Å². The van der Waals surface area contributed by atoms with Crippen LogP contribution in [0.25, 0.3) is 16.7 Å². The summed E-state index contributed by atoms with van der Waals surface area (Å²) >= 11 is 0. The van der Waals surface area contributed by atoms with E-state index in [2.05, 4.69) is 51.9 Å². The summed E-state index contributed by atoms with van der Waals surface area (Å²) in [5.74, 6) is 1.22. The van der Waals surface area contributed by atoms with Gasteiger partial charge in [0.2, 0.25) is 17.5 Å². The van der Waals surface area contributed by atoms with E-state index in [1.807, 2.05) is 37.3 Å². The maximum absolute atomic E-state index is 12.3. The van der Waals surface area contributed by atoms with Gasteiger partial charge in [-0.05, 0) is 37.2 Å². The van der Waals surface area contributed by atoms with Crippen LogP contribution in [-0.2, 0) is 9.59 Å². The zero-order valence-electron chi connectivity index (χ0n) is 22.4. The number of carbonyl (C=O) groups excluding carboxylic acids is 2. The molecule has 0 bridgehead atoms. The van der Waals surface area contributed by atoms with E-state index in [1.165, 1.54) is 0 Å². The number of amides is 2. The molecule has 0 aliphatic rings. The van der Waals surface area contributed by atoms with Crippen molar-refractivity contribution in [2.45, 2.75) is 73.3 Å². The Morgan fingerprint density at radius 3 is 2.56 bits per heavy atom. The molecule has 1 aromatic carbocycles. The fourth-order valence-corrected chi connectivity index (χ4v) is 4.04. The van der Waals surface area contributed by atoms with Crippen LogP contribution in [0.15, 0.2) is 18.5 Å². The second-order valence-electron chi connectivity index (χ2n) is 10.9. The first-order valence-electron chi connectivity index (χ1n) is 12.5. The van der Waals surface area contributed by atoms with Crippen molar-refractivity contribution in [1.82, 2.24) is 24.9 Å². The third-order valence-corrected chi connectivity index (χ3v) is 5.63. The summed E-state index contributed by atoms with van der Waals surface area (Å²) in [6.45, 7) is 12.9. The van der Waals surface area contributed by atoms with Crippen molar-refractivity contribution in [3.8, 4) is 5.75 Å². The Kier molecular flexibility index (Phi) is 8.70. The number of nitrogens with one attached hydrogen (secondary N) is 3. The first kappa shape index (κ1) is 27.2. The van der Waals surface area contributed by atoms with E-state index >= 15 is 0 Å². The molecule has 196 valence electrons. The minimum atomic E-state index is -0.115. The second kappa shape index (κ2) is 11.5. The Morgan fingerprint density at radius 2 is 1.89 bits per heavy atom. The van der Waals surface area contributed by atoms with Crippen LogP contribution in [0.5, 0.6) is 5.75 Å². The van der Waals surface area contributed by atoms with Gasteiger partial charge >= 0.3 is 0 Å². The van der Waals surface area contributed by atoms with Gasteiger partial charge in [-0.25, -0.2) is 4.98 Å². The molecule has 10 nitrogen and oxygen atoms in total. The molecule has 0 spiro atoms. The Hall–Kier alpha value is -3.43. The van der Waals surface area contributed by atoms with Gasteiger partial charge in [-0.1, -0.05) is 34.6 Å². The highest BCUT2D eigenvalue weighted by Crippen LogP contribution is 2.31. The minimum absolute atomic E-state index is 0.0243. The number of carbonyl (C=O) groups is 2. The molecule has 0 saturated carbocycles.